The van der Waals surface area contributed by atoms with Crippen molar-refractivity contribution in [2.75, 3.05) is 23.9 Å². The summed E-state index contributed by atoms with van der Waals surface area (Å²) in [7, 11) is 3.97. The number of rotatable bonds is 3. The molecule has 0 saturated carbocycles. The standard InChI is InChI=1S/C19H19N3O2/c1-13-20-18(12-14-4-6-15(7-5-14)21(2)3)19(24)22(13)16-8-10-17(23)11-9-16/h4-12,23H,1-3H3/b18-12-. The second-order valence-corrected chi connectivity index (χ2v) is 5.83. The van der Waals surface area contributed by atoms with Gasteiger partial charge in [0.2, 0.25) is 0 Å². The molecule has 1 N–H and O–H groups in total. The number of amides is 1. The third kappa shape index (κ3) is 3.01. The summed E-state index contributed by atoms with van der Waals surface area (Å²) in [6, 6.07) is 14.4. The van der Waals surface area contributed by atoms with Crippen LogP contribution in [0.5, 0.6) is 5.75 Å². The lowest BCUT2D eigenvalue weighted by atomic mass is 10.1. The predicted octanol–water partition coefficient (Wildman–Crippen LogP) is 3.26. The Kier molecular flexibility index (Phi) is 4.08. The van der Waals surface area contributed by atoms with Gasteiger partial charge in [-0.05, 0) is 55.0 Å². The van der Waals surface area contributed by atoms with Gasteiger partial charge in [0.15, 0.2) is 0 Å². The molecule has 0 unspecified atom stereocenters. The summed E-state index contributed by atoms with van der Waals surface area (Å²) < 4.78 is 0. The Balaban J connectivity index is 1.88. The maximum Gasteiger partial charge on any atom is 0.282 e. The predicted molar refractivity (Wildman–Crippen MR) is 97.4 cm³/mol. The lowest BCUT2D eigenvalue weighted by Gasteiger charge is -2.15. The second kappa shape index (κ2) is 6.20. The highest BCUT2D eigenvalue weighted by Crippen LogP contribution is 2.26. The van der Waals surface area contributed by atoms with Crippen LogP contribution in [-0.2, 0) is 4.79 Å². The Morgan fingerprint density at radius 1 is 1.04 bits per heavy atom. The zero-order chi connectivity index (χ0) is 17.3. The zero-order valence-electron chi connectivity index (χ0n) is 13.9. The van der Waals surface area contributed by atoms with Crippen molar-refractivity contribution in [1.82, 2.24) is 0 Å². The van der Waals surface area contributed by atoms with Crippen molar-refractivity contribution < 1.29 is 9.90 Å². The van der Waals surface area contributed by atoms with Crippen molar-refractivity contribution in [2.24, 2.45) is 4.99 Å². The van der Waals surface area contributed by atoms with Gasteiger partial charge in [-0.25, -0.2) is 4.99 Å². The Morgan fingerprint density at radius 3 is 2.25 bits per heavy atom. The molecule has 0 fully saturated rings. The smallest absolute Gasteiger partial charge is 0.282 e. The van der Waals surface area contributed by atoms with Gasteiger partial charge in [0.25, 0.3) is 5.91 Å². The largest absolute Gasteiger partial charge is 0.508 e. The average molecular weight is 321 g/mol. The molecule has 24 heavy (non-hydrogen) atoms. The molecule has 0 bridgehead atoms. The number of hydrogen-bond acceptors (Lipinski definition) is 4. The molecule has 122 valence electrons. The molecular weight excluding hydrogens is 302 g/mol. The van der Waals surface area contributed by atoms with Crippen LogP contribution in [0.25, 0.3) is 6.08 Å². The molecule has 1 aliphatic heterocycles. The summed E-state index contributed by atoms with van der Waals surface area (Å²) in [5.41, 5.74) is 3.11. The van der Waals surface area contributed by atoms with E-state index in [1.165, 1.54) is 0 Å². The van der Waals surface area contributed by atoms with Crippen LogP contribution in [0.15, 0.2) is 59.2 Å². The Hall–Kier alpha value is -3.08. The number of anilines is 2. The molecule has 5 heteroatoms. The summed E-state index contributed by atoms with van der Waals surface area (Å²) in [5.74, 6) is 0.605. The second-order valence-electron chi connectivity index (χ2n) is 5.83. The first kappa shape index (κ1) is 15.8. The minimum Gasteiger partial charge on any atom is -0.508 e. The van der Waals surface area contributed by atoms with E-state index < -0.39 is 0 Å². The molecule has 0 radical (unpaired) electrons. The van der Waals surface area contributed by atoms with Crippen LogP contribution < -0.4 is 9.80 Å². The van der Waals surface area contributed by atoms with E-state index in [9.17, 15) is 9.90 Å². The van der Waals surface area contributed by atoms with Crippen LogP contribution >= 0.6 is 0 Å². The van der Waals surface area contributed by atoms with Gasteiger partial charge in [-0.15, -0.1) is 0 Å². The number of aromatic hydroxyl groups is 1. The first-order valence-electron chi connectivity index (χ1n) is 7.63. The van der Waals surface area contributed by atoms with Gasteiger partial charge in [0.05, 0.1) is 5.69 Å². The summed E-state index contributed by atoms with van der Waals surface area (Å²) in [6.45, 7) is 1.79. The van der Waals surface area contributed by atoms with E-state index in [2.05, 4.69) is 4.99 Å². The molecule has 5 nitrogen and oxygen atoms in total. The van der Waals surface area contributed by atoms with Gasteiger partial charge in [0.1, 0.15) is 17.3 Å². The highest BCUT2D eigenvalue weighted by Gasteiger charge is 2.28. The maximum absolute atomic E-state index is 12.7. The lowest BCUT2D eigenvalue weighted by Crippen LogP contribution is -2.30. The quantitative estimate of drug-likeness (QED) is 0.883. The van der Waals surface area contributed by atoms with E-state index in [1.54, 1.807) is 42.2 Å². The van der Waals surface area contributed by atoms with Crippen LogP contribution in [0.1, 0.15) is 12.5 Å². The number of nitrogens with zero attached hydrogens (tertiary/aromatic N) is 3. The van der Waals surface area contributed by atoms with Gasteiger partial charge < -0.3 is 10.0 Å². The number of aliphatic imine (C=N–C) groups is 1. The van der Waals surface area contributed by atoms with Crippen LogP contribution in [0, 0.1) is 0 Å². The maximum atomic E-state index is 12.7. The molecule has 3 rings (SSSR count). The third-order valence-corrected chi connectivity index (χ3v) is 3.85. The van der Waals surface area contributed by atoms with Gasteiger partial charge >= 0.3 is 0 Å². The molecule has 1 aliphatic rings. The number of hydrogen-bond donors (Lipinski definition) is 1. The van der Waals surface area contributed by atoms with E-state index in [0.29, 0.717) is 17.2 Å². The fourth-order valence-electron chi connectivity index (χ4n) is 2.56. The van der Waals surface area contributed by atoms with Crippen LogP contribution in [-0.4, -0.2) is 30.9 Å². The minimum atomic E-state index is -0.171. The average Bonchev–Trinajstić information content (AvgIpc) is 2.83. The van der Waals surface area contributed by atoms with Gasteiger partial charge in [-0.2, -0.15) is 0 Å². The first-order valence-corrected chi connectivity index (χ1v) is 7.63. The van der Waals surface area contributed by atoms with Crippen molar-refractivity contribution in [3.63, 3.8) is 0 Å². The molecule has 0 aliphatic carbocycles. The highest BCUT2D eigenvalue weighted by molar-refractivity contribution is 6.28. The fraction of sp³-hybridized carbons (Fsp3) is 0.158. The Bertz CT molecular complexity index is 819. The highest BCUT2D eigenvalue weighted by atomic mass is 16.3. The molecule has 2 aromatic carbocycles. The molecule has 0 saturated heterocycles. The number of benzene rings is 2. The molecule has 1 amide bonds. The van der Waals surface area contributed by atoms with Crippen LogP contribution in [0.4, 0.5) is 11.4 Å². The molecule has 2 aromatic rings. The first-order chi connectivity index (χ1) is 11.5. The van der Waals surface area contributed by atoms with Crippen molar-refractivity contribution in [3.05, 3.63) is 59.8 Å². The summed E-state index contributed by atoms with van der Waals surface area (Å²) in [6.07, 6.45) is 1.78. The van der Waals surface area contributed by atoms with E-state index in [-0.39, 0.29) is 11.7 Å². The monoisotopic (exact) mass is 321 g/mol. The topological polar surface area (TPSA) is 56.1 Å². The van der Waals surface area contributed by atoms with E-state index in [1.807, 2.05) is 43.3 Å². The van der Waals surface area contributed by atoms with Crippen LogP contribution in [0.3, 0.4) is 0 Å². The minimum absolute atomic E-state index is 0.164. The van der Waals surface area contributed by atoms with Crippen molar-refractivity contribution >= 4 is 29.2 Å². The normalized spacial score (nSPS) is 15.8. The lowest BCUT2D eigenvalue weighted by molar-refractivity contribution is -0.113. The van der Waals surface area contributed by atoms with Crippen molar-refractivity contribution in [1.29, 1.82) is 0 Å². The van der Waals surface area contributed by atoms with E-state index in [0.717, 1.165) is 11.3 Å². The van der Waals surface area contributed by atoms with E-state index >= 15 is 0 Å². The Labute approximate surface area is 141 Å². The zero-order valence-corrected chi connectivity index (χ0v) is 13.9. The van der Waals surface area contributed by atoms with Gasteiger partial charge in [-0.1, -0.05) is 12.1 Å². The van der Waals surface area contributed by atoms with Gasteiger partial charge in [-0.3, -0.25) is 9.69 Å². The number of phenolic OH excluding ortho intramolecular Hbond substituents is 1. The summed E-state index contributed by atoms with van der Waals surface area (Å²) >= 11 is 0. The number of phenols is 1. The van der Waals surface area contributed by atoms with Crippen molar-refractivity contribution in [2.45, 2.75) is 6.92 Å². The molecule has 1 heterocycles. The SMILES string of the molecule is CC1=N/C(=C\c2ccc(N(C)C)cc2)C(=O)N1c1ccc(O)cc1. The number of amidine groups is 1. The Morgan fingerprint density at radius 2 is 1.67 bits per heavy atom. The summed E-state index contributed by atoms with van der Waals surface area (Å²) in [5, 5.41) is 9.39. The van der Waals surface area contributed by atoms with Gasteiger partial charge in [0, 0.05) is 19.8 Å². The fourth-order valence-corrected chi connectivity index (χ4v) is 2.56. The molecular formula is C19H19N3O2. The summed E-state index contributed by atoms with van der Waals surface area (Å²) in [4.78, 5) is 20.6. The van der Waals surface area contributed by atoms with Crippen LogP contribution in [0.2, 0.25) is 0 Å². The molecule has 0 atom stereocenters. The number of carbonyl (C=O) groups excluding carboxylic acids is 1. The third-order valence-electron chi connectivity index (χ3n) is 3.85. The number of carbonyl (C=O) groups is 1. The van der Waals surface area contributed by atoms with Crippen molar-refractivity contribution in [3.8, 4) is 5.75 Å². The molecule has 0 spiro atoms. The molecule has 0 aromatic heterocycles. The van der Waals surface area contributed by atoms with E-state index in [4.69, 9.17) is 0 Å².